The van der Waals surface area contributed by atoms with Crippen LogP contribution in [-0.2, 0) is 21.9 Å². The summed E-state index contributed by atoms with van der Waals surface area (Å²) in [6, 6.07) is 11.9. The minimum atomic E-state index is -4.68. The van der Waals surface area contributed by atoms with Gasteiger partial charge in [-0.15, -0.1) is 0 Å². The number of benzene rings is 3. The van der Waals surface area contributed by atoms with E-state index < -0.39 is 40.9 Å². The number of halogens is 6. The summed E-state index contributed by atoms with van der Waals surface area (Å²) in [6.45, 7) is 0. The van der Waals surface area contributed by atoms with Crippen molar-refractivity contribution in [1.82, 2.24) is 0 Å². The van der Waals surface area contributed by atoms with Crippen LogP contribution in [-0.4, -0.2) is 26.0 Å². The highest BCUT2D eigenvalue weighted by atomic mass is 19.4. The number of nitrogens with one attached hydrogen (secondary N) is 2. The van der Waals surface area contributed by atoms with Gasteiger partial charge in [0, 0.05) is 17.4 Å². The average molecular weight is 538 g/mol. The Morgan fingerprint density at radius 2 is 1.11 bits per heavy atom. The number of alkyl halides is 6. The van der Waals surface area contributed by atoms with E-state index in [4.69, 9.17) is 9.47 Å². The standard InChI is InChI=1S/C26H20F6N2O4/c1-37-20-9-15(10-21(14-20)38-2)11-22(23(35)33-18-7-3-5-16(12-18)25(27,28)29)24(36)34-19-8-4-6-17(13-19)26(30,31)32/h3-14H,1-2H3,(H,33,35)(H,34,36). The van der Waals surface area contributed by atoms with Gasteiger partial charge in [-0.3, -0.25) is 9.59 Å². The second kappa shape index (κ2) is 11.3. The average Bonchev–Trinajstić information content (AvgIpc) is 2.86. The summed E-state index contributed by atoms with van der Waals surface area (Å²) < 4.78 is 88.9. The first kappa shape index (κ1) is 28.1. The molecule has 0 fully saturated rings. The summed E-state index contributed by atoms with van der Waals surface area (Å²) >= 11 is 0. The van der Waals surface area contributed by atoms with E-state index >= 15 is 0 Å². The van der Waals surface area contributed by atoms with Gasteiger partial charge in [-0.05, 0) is 60.2 Å². The van der Waals surface area contributed by atoms with Crippen molar-refractivity contribution in [3.8, 4) is 11.5 Å². The largest absolute Gasteiger partial charge is 0.497 e. The highest BCUT2D eigenvalue weighted by Gasteiger charge is 2.32. The van der Waals surface area contributed by atoms with E-state index in [2.05, 4.69) is 10.6 Å². The van der Waals surface area contributed by atoms with Gasteiger partial charge in [0.1, 0.15) is 17.1 Å². The Labute approximate surface area is 212 Å². The summed E-state index contributed by atoms with van der Waals surface area (Å²) in [5, 5.41) is 4.45. The maximum atomic E-state index is 13.1. The predicted octanol–water partition coefficient (Wildman–Crippen LogP) is 6.40. The second-order valence-electron chi connectivity index (χ2n) is 7.77. The van der Waals surface area contributed by atoms with E-state index in [0.717, 1.165) is 30.3 Å². The van der Waals surface area contributed by atoms with Crippen molar-refractivity contribution < 1.29 is 45.4 Å². The van der Waals surface area contributed by atoms with Crippen molar-refractivity contribution in [2.45, 2.75) is 12.4 Å². The zero-order valence-electron chi connectivity index (χ0n) is 19.8. The number of carbonyl (C=O) groups excluding carboxylic acids is 2. The molecular weight excluding hydrogens is 518 g/mol. The van der Waals surface area contributed by atoms with Crippen LogP contribution in [0.25, 0.3) is 6.08 Å². The second-order valence-corrected chi connectivity index (χ2v) is 7.77. The van der Waals surface area contributed by atoms with Crippen LogP contribution in [0, 0.1) is 0 Å². The van der Waals surface area contributed by atoms with E-state index in [-0.39, 0.29) is 16.9 Å². The molecule has 0 saturated carbocycles. The number of carbonyl (C=O) groups is 2. The fourth-order valence-electron chi connectivity index (χ4n) is 3.26. The highest BCUT2D eigenvalue weighted by Crippen LogP contribution is 2.32. The molecule has 3 aromatic rings. The van der Waals surface area contributed by atoms with Gasteiger partial charge in [-0.2, -0.15) is 26.3 Å². The van der Waals surface area contributed by atoms with E-state index in [1.54, 1.807) is 0 Å². The number of hydrogen-bond donors (Lipinski definition) is 2. The number of anilines is 2. The molecule has 0 radical (unpaired) electrons. The van der Waals surface area contributed by atoms with E-state index in [1.807, 2.05) is 0 Å². The van der Waals surface area contributed by atoms with Crippen LogP contribution in [0.5, 0.6) is 11.5 Å². The van der Waals surface area contributed by atoms with E-state index in [1.165, 1.54) is 44.6 Å². The third-order valence-corrected chi connectivity index (χ3v) is 5.07. The van der Waals surface area contributed by atoms with Gasteiger partial charge in [-0.25, -0.2) is 0 Å². The summed E-state index contributed by atoms with van der Waals surface area (Å²) in [5.41, 5.74) is -2.97. The monoisotopic (exact) mass is 538 g/mol. The lowest BCUT2D eigenvalue weighted by molar-refractivity contribution is -0.138. The van der Waals surface area contributed by atoms with Gasteiger partial charge in [0.15, 0.2) is 0 Å². The first-order chi connectivity index (χ1) is 17.8. The normalized spacial score (nSPS) is 11.4. The summed E-state index contributed by atoms with van der Waals surface area (Å²) in [6.07, 6.45) is -8.27. The molecule has 0 saturated heterocycles. The van der Waals surface area contributed by atoms with Crippen LogP contribution in [0.3, 0.4) is 0 Å². The van der Waals surface area contributed by atoms with Crippen molar-refractivity contribution >= 4 is 29.3 Å². The Balaban J connectivity index is 2.01. The first-order valence-electron chi connectivity index (χ1n) is 10.7. The van der Waals surface area contributed by atoms with Crippen LogP contribution < -0.4 is 20.1 Å². The zero-order chi connectivity index (χ0) is 28.1. The molecule has 0 aliphatic carbocycles. The highest BCUT2D eigenvalue weighted by molar-refractivity contribution is 6.28. The minimum absolute atomic E-state index is 0.231. The number of ether oxygens (including phenoxy) is 2. The topological polar surface area (TPSA) is 76.7 Å². The lowest BCUT2D eigenvalue weighted by Crippen LogP contribution is -2.25. The molecule has 0 unspecified atom stereocenters. The van der Waals surface area contributed by atoms with Crippen LogP contribution in [0.2, 0.25) is 0 Å². The Bertz CT molecular complexity index is 1270. The van der Waals surface area contributed by atoms with Crippen molar-refractivity contribution in [2.24, 2.45) is 0 Å². The number of hydrogen-bond acceptors (Lipinski definition) is 4. The van der Waals surface area contributed by atoms with Gasteiger partial charge in [-0.1, -0.05) is 12.1 Å². The molecule has 0 bridgehead atoms. The maximum Gasteiger partial charge on any atom is 0.416 e. The van der Waals surface area contributed by atoms with Crippen LogP contribution in [0.15, 0.2) is 72.3 Å². The summed E-state index contributed by atoms with van der Waals surface area (Å²) in [7, 11) is 2.73. The molecule has 0 spiro atoms. The summed E-state index contributed by atoms with van der Waals surface area (Å²) in [4.78, 5) is 26.2. The van der Waals surface area contributed by atoms with Gasteiger partial charge in [0.25, 0.3) is 11.8 Å². The van der Waals surface area contributed by atoms with Crippen molar-refractivity contribution in [3.05, 3.63) is 89.0 Å². The number of amides is 2. The van der Waals surface area contributed by atoms with Gasteiger partial charge in [0.2, 0.25) is 0 Å². The number of rotatable bonds is 7. The lowest BCUT2D eigenvalue weighted by Gasteiger charge is -2.14. The van der Waals surface area contributed by atoms with Crippen molar-refractivity contribution in [2.75, 3.05) is 24.9 Å². The van der Waals surface area contributed by atoms with E-state index in [0.29, 0.717) is 23.6 Å². The smallest absolute Gasteiger partial charge is 0.416 e. The molecule has 0 heterocycles. The van der Waals surface area contributed by atoms with Crippen LogP contribution in [0.1, 0.15) is 16.7 Å². The zero-order valence-corrected chi connectivity index (χ0v) is 19.8. The van der Waals surface area contributed by atoms with E-state index in [9.17, 15) is 35.9 Å². The molecule has 3 aromatic carbocycles. The molecule has 200 valence electrons. The molecule has 0 aromatic heterocycles. The fraction of sp³-hybridized carbons (Fsp3) is 0.154. The van der Waals surface area contributed by atoms with Gasteiger partial charge in [0.05, 0.1) is 25.3 Å². The molecule has 2 amide bonds. The van der Waals surface area contributed by atoms with Crippen molar-refractivity contribution in [3.63, 3.8) is 0 Å². The third-order valence-electron chi connectivity index (χ3n) is 5.07. The summed E-state index contributed by atoms with van der Waals surface area (Å²) in [5.74, 6) is -1.63. The Morgan fingerprint density at radius 1 is 0.684 bits per heavy atom. The lowest BCUT2D eigenvalue weighted by atomic mass is 10.1. The van der Waals surface area contributed by atoms with Gasteiger partial charge < -0.3 is 20.1 Å². The Morgan fingerprint density at radius 3 is 1.47 bits per heavy atom. The molecule has 12 heteroatoms. The molecule has 6 nitrogen and oxygen atoms in total. The first-order valence-corrected chi connectivity index (χ1v) is 10.7. The Kier molecular flexibility index (Phi) is 8.34. The quantitative estimate of drug-likeness (QED) is 0.158. The number of methoxy groups -OCH3 is 2. The molecular formula is C26H20F6N2O4. The molecule has 0 atom stereocenters. The molecule has 0 aliphatic rings. The van der Waals surface area contributed by atoms with Crippen molar-refractivity contribution in [1.29, 1.82) is 0 Å². The molecule has 3 rings (SSSR count). The molecule has 2 N–H and O–H groups in total. The van der Waals surface area contributed by atoms with Crippen LogP contribution >= 0.6 is 0 Å². The third kappa shape index (κ3) is 7.28. The SMILES string of the molecule is COc1cc(C=C(C(=O)Nc2cccc(C(F)(F)F)c2)C(=O)Nc2cccc(C(F)(F)F)c2)cc(OC)c1. The predicted molar refractivity (Wildman–Crippen MR) is 128 cm³/mol. The van der Waals surface area contributed by atoms with Crippen LogP contribution in [0.4, 0.5) is 37.7 Å². The molecule has 0 aliphatic heterocycles. The minimum Gasteiger partial charge on any atom is -0.497 e. The molecule has 38 heavy (non-hydrogen) atoms. The fourth-order valence-corrected chi connectivity index (χ4v) is 3.26. The van der Waals surface area contributed by atoms with Gasteiger partial charge >= 0.3 is 12.4 Å². The maximum absolute atomic E-state index is 13.1. The Hall–Kier alpha value is -4.48.